The molecule has 1 N–H and O–H groups in total. The Morgan fingerprint density at radius 1 is 1.33 bits per heavy atom. The predicted octanol–water partition coefficient (Wildman–Crippen LogP) is 2.52. The summed E-state index contributed by atoms with van der Waals surface area (Å²) in [5, 5.41) is 9.76. The van der Waals surface area contributed by atoms with Gasteiger partial charge in [-0.15, -0.1) is 0 Å². The van der Waals surface area contributed by atoms with E-state index in [0.29, 0.717) is 0 Å². The largest absolute Gasteiger partial charge is 0.395 e. The minimum absolute atomic E-state index is 0.159. The summed E-state index contributed by atoms with van der Waals surface area (Å²) in [6.45, 7) is 6.73. The quantitative estimate of drug-likeness (QED) is 0.835. The maximum absolute atomic E-state index is 9.76. The molecule has 1 aromatic rings. The Kier molecular flexibility index (Phi) is 4.08. The first-order chi connectivity index (χ1) is 8.55. The zero-order valence-corrected chi connectivity index (χ0v) is 11.8. The fourth-order valence-electron chi connectivity index (χ4n) is 2.79. The molecule has 0 heterocycles. The highest BCUT2D eigenvalue weighted by molar-refractivity contribution is 5.25. The summed E-state index contributed by atoms with van der Waals surface area (Å²) >= 11 is 0. The second kappa shape index (κ2) is 5.41. The van der Waals surface area contributed by atoms with Crippen LogP contribution < -0.4 is 0 Å². The molecule has 1 aliphatic carbocycles. The molecule has 1 aromatic carbocycles. The Morgan fingerprint density at radius 3 is 2.44 bits per heavy atom. The van der Waals surface area contributed by atoms with Gasteiger partial charge in [-0.1, -0.05) is 44.2 Å². The smallest absolute Gasteiger partial charge is 0.0537 e. The third-order valence-electron chi connectivity index (χ3n) is 4.26. The Hall–Kier alpha value is -0.860. The fraction of sp³-hybridized carbons (Fsp3) is 0.625. The number of nitrogens with zero attached hydrogens (tertiary/aromatic N) is 1. The number of likely N-dealkylation sites (N-methyl/N-ethyl adjacent to an activating group) is 1. The standard InChI is InChI=1S/C16H25NO/c1-13-9-14(13)10-17(3)11-16(2,12-18)15-7-5-4-6-8-15/h4-8,13-14,18H,9-12H2,1-3H3. The number of hydrogen-bond acceptors (Lipinski definition) is 2. The van der Waals surface area contributed by atoms with Gasteiger partial charge in [-0.25, -0.2) is 0 Å². The number of benzene rings is 1. The van der Waals surface area contributed by atoms with E-state index >= 15 is 0 Å². The lowest BCUT2D eigenvalue weighted by Gasteiger charge is -2.33. The molecule has 100 valence electrons. The van der Waals surface area contributed by atoms with Crippen LogP contribution in [0.2, 0.25) is 0 Å². The van der Waals surface area contributed by atoms with Crippen LogP contribution in [0.15, 0.2) is 30.3 Å². The van der Waals surface area contributed by atoms with E-state index in [9.17, 15) is 5.11 Å². The average Bonchev–Trinajstić information content (AvgIpc) is 3.05. The summed E-state index contributed by atoms with van der Waals surface area (Å²) in [6, 6.07) is 10.4. The van der Waals surface area contributed by atoms with E-state index in [2.05, 4.69) is 37.9 Å². The Balaban J connectivity index is 1.99. The van der Waals surface area contributed by atoms with Crippen LogP contribution in [0.3, 0.4) is 0 Å². The van der Waals surface area contributed by atoms with Crippen LogP contribution in [0.1, 0.15) is 25.8 Å². The molecule has 0 bridgehead atoms. The van der Waals surface area contributed by atoms with Crippen LogP contribution in [0.4, 0.5) is 0 Å². The maximum Gasteiger partial charge on any atom is 0.0537 e. The first kappa shape index (κ1) is 13.6. The predicted molar refractivity (Wildman–Crippen MR) is 75.6 cm³/mol. The van der Waals surface area contributed by atoms with Gasteiger partial charge in [0.05, 0.1) is 6.61 Å². The molecular weight excluding hydrogens is 222 g/mol. The van der Waals surface area contributed by atoms with Crippen molar-refractivity contribution in [1.29, 1.82) is 0 Å². The van der Waals surface area contributed by atoms with Gasteiger partial charge in [0.15, 0.2) is 0 Å². The molecule has 1 saturated carbocycles. The number of aliphatic hydroxyl groups excluding tert-OH is 1. The Morgan fingerprint density at radius 2 is 1.94 bits per heavy atom. The third kappa shape index (κ3) is 3.12. The van der Waals surface area contributed by atoms with E-state index in [1.54, 1.807) is 0 Å². The van der Waals surface area contributed by atoms with E-state index in [4.69, 9.17) is 0 Å². The molecule has 1 fully saturated rings. The lowest BCUT2D eigenvalue weighted by molar-refractivity contribution is 0.155. The summed E-state index contributed by atoms with van der Waals surface area (Å²) in [6.07, 6.45) is 1.37. The average molecular weight is 247 g/mol. The van der Waals surface area contributed by atoms with Crippen LogP contribution in [-0.4, -0.2) is 36.8 Å². The lowest BCUT2D eigenvalue weighted by atomic mass is 9.83. The fourth-order valence-corrected chi connectivity index (χ4v) is 2.79. The lowest BCUT2D eigenvalue weighted by Crippen LogP contribution is -2.40. The molecule has 0 saturated heterocycles. The van der Waals surface area contributed by atoms with Crippen LogP contribution >= 0.6 is 0 Å². The summed E-state index contributed by atoms with van der Waals surface area (Å²) < 4.78 is 0. The Labute approximate surface area is 111 Å². The summed E-state index contributed by atoms with van der Waals surface area (Å²) in [7, 11) is 2.17. The number of aliphatic hydroxyl groups is 1. The molecule has 0 aliphatic heterocycles. The van der Waals surface area contributed by atoms with Crippen molar-refractivity contribution in [3.8, 4) is 0 Å². The van der Waals surface area contributed by atoms with Gasteiger partial charge in [0, 0.05) is 18.5 Å². The first-order valence-electron chi connectivity index (χ1n) is 6.90. The molecule has 0 spiro atoms. The highest BCUT2D eigenvalue weighted by Gasteiger charge is 2.35. The third-order valence-corrected chi connectivity index (χ3v) is 4.26. The molecule has 18 heavy (non-hydrogen) atoms. The van der Waals surface area contributed by atoms with Crippen LogP contribution in [0.5, 0.6) is 0 Å². The summed E-state index contributed by atoms with van der Waals surface area (Å²) in [4.78, 5) is 2.37. The van der Waals surface area contributed by atoms with E-state index in [1.165, 1.54) is 12.0 Å². The number of rotatable bonds is 6. The molecule has 1 aliphatic rings. The van der Waals surface area contributed by atoms with Gasteiger partial charge in [0.1, 0.15) is 0 Å². The molecule has 2 nitrogen and oxygen atoms in total. The SMILES string of the molecule is CC1CC1CN(C)CC(C)(CO)c1ccccc1. The van der Waals surface area contributed by atoms with Crippen molar-refractivity contribution in [3.63, 3.8) is 0 Å². The topological polar surface area (TPSA) is 23.5 Å². The van der Waals surface area contributed by atoms with E-state index in [1.807, 2.05) is 18.2 Å². The normalized spacial score (nSPS) is 26.1. The minimum Gasteiger partial charge on any atom is -0.395 e. The monoisotopic (exact) mass is 247 g/mol. The Bertz CT molecular complexity index is 378. The van der Waals surface area contributed by atoms with Crippen molar-refractivity contribution in [1.82, 2.24) is 4.90 Å². The summed E-state index contributed by atoms with van der Waals surface area (Å²) in [5.74, 6) is 1.76. The number of hydrogen-bond donors (Lipinski definition) is 1. The van der Waals surface area contributed by atoms with Crippen molar-refractivity contribution >= 4 is 0 Å². The van der Waals surface area contributed by atoms with Crippen LogP contribution in [-0.2, 0) is 5.41 Å². The molecule has 2 rings (SSSR count). The van der Waals surface area contributed by atoms with E-state index < -0.39 is 0 Å². The minimum atomic E-state index is -0.159. The highest BCUT2D eigenvalue weighted by Crippen LogP contribution is 2.38. The molecule has 2 heteroatoms. The van der Waals surface area contributed by atoms with Crippen molar-refractivity contribution in [3.05, 3.63) is 35.9 Å². The van der Waals surface area contributed by atoms with Gasteiger partial charge >= 0.3 is 0 Å². The van der Waals surface area contributed by atoms with Crippen LogP contribution in [0, 0.1) is 11.8 Å². The van der Waals surface area contributed by atoms with Gasteiger partial charge in [-0.2, -0.15) is 0 Å². The van der Waals surface area contributed by atoms with Crippen molar-refractivity contribution < 1.29 is 5.11 Å². The van der Waals surface area contributed by atoms with Crippen molar-refractivity contribution in [2.45, 2.75) is 25.7 Å². The van der Waals surface area contributed by atoms with Crippen molar-refractivity contribution in [2.24, 2.45) is 11.8 Å². The van der Waals surface area contributed by atoms with E-state index in [-0.39, 0.29) is 12.0 Å². The molecule has 3 unspecified atom stereocenters. The van der Waals surface area contributed by atoms with Gasteiger partial charge < -0.3 is 10.0 Å². The second-order valence-electron chi connectivity index (χ2n) is 6.25. The molecule has 0 radical (unpaired) electrons. The van der Waals surface area contributed by atoms with Crippen LogP contribution in [0.25, 0.3) is 0 Å². The van der Waals surface area contributed by atoms with Crippen molar-refractivity contribution in [2.75, 3.05) is 26.7 Å². The van der Waals surface area contributed by atoms with E-state index in [0.717, 1.165) is 24.9 Å². The second-order valence-corrected chi connectivity index (χ2v) is 6.25. The van der Waals surface area contributed by atoms with Gasteiger partial charge in [-0.05, 0) is 30.9 Å². The van der Waals surface area contributed by atoms with Gasteiger partial charge in [0.25, 0.3) is 0 Å². The van der Waals surface area contributed by atoms with Gasteiger partial charge in [-0.3, -0.25) is 0 Å². The summed E-state index contributed by atoms with van der Waals surface area (Å²) in [5.41, 5.74) is 1.07. The first-order valence-corrected chi connectivity index (χ1v) is 6.90. The van der Waals surface area contributed by atoms with Gasteiger partial charge in [0.2, 0.25) is 0 Å². The maximum atomic E-state index is 9.76. The molecular formula is C16H25NO. The zero-order chi connectivity index (χ0) is 13.2. The molecule has 0 aromatic heterocycles. The highest BCUT2D eigenvalue weighted by atomic mass is 16.3. The zero-order valence-electron chi connectivity index (χ0n) is 11.8. The molecule has 3 atom stereocenters. The molecule has 0 amide bonds.